The Balaban J connectivity index is 4.34. The van der Waals surface area contributed by atoms with Gasteiger partial charge < -0.3 is 14.9 Å². The van der Waals surface area contributed by atoms with E-state index >= 15 is 0 Å². The van der Waals surface area contributed by atoms with Crippen molar-refractivity contribution in [2.45, 2.75) is 19.8 Å². The summed E-state index contributed by atoms with van der Waals surface area (Å²) >= 11 is 0. The van der Waals surface area contributed by atoms with Gasteiger partial charge in [-0.15, -0.1) is 0 Å². The Kier molecular flexibility index (Phi) is 7.06. The summed E-state index contributed by atoms with van der Waals surface area (Å²) in [4.78, 5) is 11.0. The minimum atomic E-state index is -0.323. The van der Waals surface area contributed by atoms with E-state index in [0.717, 1.165) is 5.57 Å². The number of hydrogen-bond donors (Lipinski definition) is 2. The van der Waals surface area contributed by atoms with Crippen LogP contribution in [0.4, 0.5) is 0 Å². The van der Waals surface area contributed by atoms with Gasteiger partial charge in [0, 0.05) is 6.61 Å². The molecule has 2 N–H and O–H groups in total. The SMILES string of the molecule is CC=C(CO)C(CCO)CC(=O)OC. The number of esters is 1. The van der Waals surface area contributed by atoms with Crippen molar-refractivity contribution >= 4 is 5.97 Å². The van der Waals surface area contributed by atoms with E-state index in [2.05, 4.69) is 4.74 Å². The maximum atomic E-state index is 11.0. The van der Waals surface area contributed by atoms with Gasteiger partial charge in [0.1, 0.15) is 0 Å². The molecule has 1 unspecified atom stereocenters. The fourth-order valence-electron chi connectivity index (χ4n) is 1.31. The van der Waals surface area contributed by atoms with Crippen molar-refractivity contribution in [1.29, 1.82) is 0 Å². The number of hydrogen-bond acceptors (Lipinski definition) is 4. The molecule has 4 heteroatoms. The average molecular weight is 202 g/mol. The molecule has 0 heterocycles. The molecule has 0 aromatic heterocycles. The van der Waals surface area contributed by atoms with E-state index in [1.807, 2.05) is 0 Å². The lowest BCUT2D eigenvalue weighted by Gasteiger charge is -2.16. The number of allylic oxidation sites excluding steroid dienone is 1. The predicted octanol–water partition coefficient (Wildman–Crippen LogP) is 0.487. The number of carbonyl (C=O) groups is 1. The molecule has 0 fully saturated rings. The Bertz CT molecular complexity index is 198. The van der Waals surface area contributed by atoms with Gasteiger partial charge in [0.2, 0.25) is 0 Å². The molecule has 0 spiro atoms. The first kappa shape index (κ1) is 13.1. The molecule has 0 rings (SSSR count). The van der Waals surface area contributed by atoms with E-state index in [-0.39, 0.29) is 31.5 Å². The van der Waals surface area contributed by atoms with E-state index in [0.29, 0.717) is 6.42 Å². The zero-order valence-electron chi connectivity index (χ0n) is 8.69. The molecule has 4 nitrogen and oxygen atoms in total. The second-order valence-corrected chi connectivity index (χ2v) is 3.01. The average Bonchev–Trinajstić information content (AvgIpc) is 2.19. The Morgan fingerprint density at radius 1 is 1.50 bits per heavy atom. The lowest BCUT2D eigenvalue weighted by atomic mass is 9.93. The molecule has 0 bridgehead atoms. The number of methoxy groups -OCH3 is 1. The van der Waals surface area contributed by atoms with Gasteiger partial charge in [-0.3, -0.25) is 4.79 Å². The molecule has 0 aliphatic carbocycles. The molecule has 0 saturated carbocycles. The lowest BCUT2D eigenvalue weighted by Crippen LogP contribution is -2.15. The van der Waals surface area contributed by atoms with Gasteiger partial charge in [-0.2, -0.15) is 0 Å². The number of rotatable bonds is 6. The predicted molar refractivity (Wildman–Crippen MR) is 52.7 cm³/mol. The second-order valence-electron chi connectivity index (χ2n) is 3.01. The largest absolute Gasteiger partial charge is 0.469 e. The van der Waals surface area contributed by atoms with E-state index < -0.39 is 0 Å². The zero-order chi connectivity index (χ0) is 11.0. The van der Waals surface area contributed by atoms with Crippen LogP contribution in [-0.2, 0) is 9.53 Å². The molecule has 82 valence electrons. The molecule has 14 heavy (non-hydrogen) atoms. The highest BCUT2D eigenvalue weighted by atomic mass is 16.5. The second kappa shape index (κ2) is 7.53. The molecule has 0 amide bonds. The van der Waals surface area contributed by atoms with Gasteiger partial charge in [-0.05, 0) is 24.8 Å². The summed E-state index contributed by atoms with van der Waals surface area (Å²) in [6.45, 7) is 1.71. The van der Waals surface area contributed by atoms with Crippen LogP contribution >= 0.6 is 0 Å². The van der Waals surface area contributed by atoms with Crippen LogP contribution in [0.15, 0.2) is 11.6 Å². The number of ether oxygens (including phenoxy) is 1. The summed E-state index contributed by atoms with van der Waals surface area (Å²) in [6.07, 6.45) is 2.44. The Morgan fingerprint density at radius 3 is 2.50 bits per heavy atom. The molecule has 0 saturated heterocycles. The van der Waals surface area contributed by atoms with Gasteiger partial charge in [-0.25, -0.2) is 0 Å². The van der Waals surface area contributed by atoms with Gasteiger partial charge in [0.15, 0.2) is 0 Å². The quantitative estimate of drug-likeness (QED) is 0.486. The third-order valence-electron chi connectivity index (χ3n) is 2.20. The van der Waals surface area contributed by atoms with Crippen molar-refractivity contribution in [1.82, 2.24) is 0 Å². The van der Waals surface area contributed by atoms with Crippen LogP contribution in [0.5, 0.6) is 0 Å². The molecule has 0 aromatic rings. The van der Waals surface area contributed by atoms with Gasteiger partial charge in [0.05, 0.1) is 20.1 Å². The highest BCUT2D eigenvalue weighted by molar-refractivity contribution is 5.69. The molecular formula is C10H18O4. The number of carbonyl (C=O) groups excluding carboxylic acids is 1. The summed E-state index contributed by atoms with van der Waals surface area (Å²) in [7, 11) is 1.33. The van der Waals surface area contributed by atoms with E-state index in [4.69, 9.17) is 10.2 Å². The van der Waals surface area contributed by atoms with Gasteiger partial charge >= 0.3 is 5.97 Å². The van der Waals surface area contributed by atoms with E-state index in [1.54, 1.807) is 13.0 Å². The van der Waals surface area contributed by atoms with Crippen LogP contribution in [-0.4, -0.2) is 36.5 Å². The first-order chi connectivity index (χ1) is 6.69. The van der Waals surface area contributed by atoms with Crippen LogP contribution in [0.25, 0.3) is 0 Å². The fourth-order valence-corrected chi connectivity index (χ4v) is 1.31. The number of aliphatic hydroxyl groups is 2. The van der Waals surface area contributed by atoms with Crippen molar-refractivity contribution in [3.05, 3.63) is 11.6 Å². The summed E-state index contributed by atoms with van der Waals surface area (Å²) in [5.74, 6) is -0.446. The molecule has 1 atom stereocenters. The first-order valence-electron chi connectivity index (χ1n) is 4.63. The van der Waals surface area contributed by atoms with Crippen molar-refractivity contribution in [3.8, 4) is 0 Å². The fraction of sp³-hybridized carbons (Fsp3) is 0.700. The van der Waals surface area contributed by atoms with Crippen molar-refractivity contribution in [3.63, 3.8) is 0 Å². The highest BCUT2D eigenvalue weighted by Crippen LogP contribution is 2.19. The molecular weight excluding hydrogens is 184 g/mol. The minimum Gasteiger partial charge on any atom is -0.469 e. The van der Waals surface area contributed by atoms with E-state index in [1.165, 1.54) is 7.11 Å². The summed E-state index contributed by atoms with van der Waals surface area (Å²) in [5.41, 5.74) is 0.768. The third kappa shape index (κ3) is 4.39. The van der Waals surface area contributed by atoms with E-state index in [9.17, 15) is 4.79 Å². The summed E-state index contributed by atoms with van der Waals surface area (Å²) < 4.78 is 4.54. The first-order valence-corrected chi connectivity index (χ1v) is 4.63. The zero-order valence-corrected chi connectivity index (χ0v) is 8.69. The Morgan fingerprint density at radius 2 is 2.14 bits per heavy atom. The minimum absolute atomic E-state index is 0.000991. The number of aliphatic hydroxyl groups excluding tert-OH is 2. The standard InChI is InChI=1S/C10H18O4/c1-3-8(7-12)9(4-5-11)6-10(13)14-2/h3,9,11-12H,4-7H2,1-2H3. The monoisotopic (exact) mass is 202 g/mol. The Labute approximate surface area is 84.2 Å². The Hall–Kier alpha value is -0.870. The van der Waals surface area contributed by atoms with Gasteiger partial charge in [0.25, 0.3) is 0 Å². The summed E-state index contributed by atoms with van der Waals surface area (Å²) in [5, 5.41) is 17.8. The smallest absolute Gasteiger partial charge is 0.306 e. The highest BCUT2D eigenvalue weighted by Gasteiger charge is 2.17. The van der Waals surface area contributed by atoms with Crippen LogP contribution in [0.1, 0.15) is 19.8 Å². The molecule has 0 aliphatic rings. The topological polar surface area (TPSA) is 66.8 Å². The van der Waals surface area contributed by atoms with Gasteiger partial charge in [-0.1, -0.05) is 6.08 Å². The summed E-state index contributed by atoms with van der Waals surface area (Å²) in [6, 6.07) is 0. The molecule has 0 radical (unpaired) electrons. The lowest BCUT2D eigenvalue weighted by molar-refractivity contribution is -0.141. The molecule has 0 aromatic carbocycles. The van der Waals surface area contributed by atoms with Crippen LogP contribution in [0.2, 0.25) is 0 Å². The van der Waals surface area contributed by atoms with Crippen molar-refractivity contribution in [2.24, 2.45) is 5.92 Å². The maximum Gasteiger partial charge on any atom is 0.306 e. The van der Waals surface area contributed by atoms with Crippen molar-refractivity contribution in [2.75, 3.05) is 20.3 Å². The maximum absolute atomic E-state index is 11.0. The third-order valence-corrected chi connectivity index (χ3v) is 2.20. The van der Waals surface area contributed by atoms with Crippen LogP contribution in [0, 0.1) is 5.92 Å². The molecule has 0 aliphatic heterocycles. The van der Waals surface area contributed by atoms with Crippen LogP contribution < -0.4 is 0 Å². The van der Waals surface area contributed by atoms with Crippen molar-refractivity contribution < 1.29 is 19.7 Å². The van der Waals surface area contributed by atoms with Crippen LogP contribution in [0.3, 0.4) is 0 Å². The normalized spacial score (nSPS) is 13.9.